The molecular formula is C43H30N6. The molecule has 0 atom stereocenters. The van der Waals surface area contributed by atoms with Gasteiger partial charge in [-0.1, -0.05) is 127 Å². The van der Waals surface area contributed by atoms with Crippen LogP contribution in [0.3, 0.4) is 0 Å². The summed E-state index contributed by atoms with van der Waals surface area (Å²) in [6, 6.07) is 50.9. The predicted octanol–water partition coefficient (Wildman–Crippen LogP) is 10.0. The highest BCUT2D eigenvalue weighted by molar-refractivity contribution is 5.76. The van der Waals surface area contributed by atoms with Crippen LogP contribution in [-0.4, -0.2) is 29.9 Å². The molecule has 0 aliphatic carbocycles. The van der Waals surface area contributed by atoms with E-state index in [4.69, 9.17) is 24.9 Å². The van der Waals surface area contributed by atoms with E-state index in [1.165, 1.54) is 5.56 Å². The average molecular weight is 631 g/mol. The van der Waals surface area contributed by atoms with Gasteiger partial charge in [0.15, 0.2) is 17.5 Å². The van der Waals surface area contributed by atoms with Gasteiger partial charge in [0.2, 0.25) is 0 Å². The second-order valence-corrected chi connectivity index (χ2v) is 11.8. The van der Waals surface area contributed by atoms with Gasteiger partial charge >= 0.3 is 0 Å². The molecule has 4 aromatic heterocycles. The summed E-state index contributed by atoms with van der Waals surface area (Å²) < 4.78 is 0. The molecule has 4 heterocycles. The SMILES string of the molecule is Cc1ccc(-c2cc(-c3ccccn3)nc(-c3ccc(-c4ccc(-c5nc(-c6ccccc6)nc(-c6ccccc6)n5)cc4)cn3)c2)cc1. The van der Waals surface area contributed by atoms with Crippen LogP contribution in [0.15, 0.2) is 164 Å². The standard InChI is InChI=1S/C43H30N6/c1-29-15-17-31(18-16-29)36-26-39(37-14-8-9-25-44-37)46-40(27-36)38-24-23-35(28-45-38)30-19-21-34(22-20-30)43-48-41(32-10-4-2-5-11-32)47-42(49-43)33-12-6-3-7-13-33/h2-28H,1H3. The van der Waals surface area contributed by atoms with E-state index in [2.05, 4.69) is 66.5 Å². The van der Waals surface area contributed by atoms with Crippen molar-refractivity contribution in [3.05, 3.63) is 170 Å². The Bertz CT molecular complexity index is 2280. The van der Waals surface area contributed by atoms with Gasteiger partial charge in [-0.15, -0.1) is 0 Å². The molecule has 49 heavy (non-hydrogen) atoms. The van der Waals surface area contributed by atoms with Crippen LogP contribution >= 0.6 is 0 Å². The third-order valence-electron chi connectivity index (χ3n) is 8.34. The van der Waals surface area contributed by atoms with Gasteiger partial charge in [0.1, 0.15) is 0 Å². The highest BCUT2D eigenvalue weighted by Gasteiger charge is 2.14. The Balaban J connectivity index is 1.11. The Morgan fingerprint density at radius 1 is 0.327 bits per heavy atom. The number of rotatable bonds is 7. The Hall–Kier alpha value is -6.66. The minimum atomic E-state index is 0.621. The molecule has 0 aliphatic heterocycles. The van der Waals surface area contributed by atoms with Crippen LogP contribution in [0.4, 0.5) is 0 Å². The molecular weight excluding hydrogens is 601 g/mol. The Kier molecular flexibility index (Phi) is 8.02. The highest BCUT2D eigenvalue weighted by Crippen LogP contribution is 2.31. The molecule has 232 valence electrons. The maximum Gasteiger partial charge on any atom is 0.164 e. The number of benzene rings is 4. The second kappa shape index (κ2) is 13.2. The number of nitrogens with zero attached hydrogens (tertiary/aromatic N) is 6. The van der Waals surface area contributed by atoms with Crippen molar-refractivity contribution >= 4 is 0 Å². The van der Waals surface area contributed by atoms with E-state index in [9.17, 15) is 0 Å². The Morgan fingerprint density at radius 3 is 1.33 bits per heavy atom. The van der Waals surface area contributed by atoms with Crippen LogP contribution in [0.25, 0.3) is 79.2 Å². The first-order chi connectivity index (χ1) is 24.2. The van der Waals surface area contributed by atoms with E-state index in [1.54, 1.807) is 6.20 Å². The molecule has 0 spiro atoms. The van der Waals surface area contributed by atoms with Crippen molar-refractivity contribution in [2.24, 2.45) is 0 Å². The lowest BCUT2D eigenvalue weighted by Crippen LogP contribution is -2.00. The molecule has 0 amide bonds. The summed E-state index contributed by atoms with van der Waals surface area (Å²) in [5, 5.41) is 0. The summed E-state index contributed by atoms with van der Waals surface area (Å²) in [6.07, 6.45) is 3.69. The summed E-state index contributed by atoms with van der Waals surface area (Å²) in [5.74, 6) is 1.90. The molecule has 0 saturated carbocycles. The molecule has 0 saturated heterocycles. The van der Waals surface area contributed by atoms with Gasteiger partial charge in [0.05, 0.1) is 22.8 Å². The molecule has 6 nitrogen and oxygen atoms in total. The molecule has 8 aromatic rings. The van der Waals surface area contributed by atoms with Crippen molar-refractivity contribution < 1.29 is 0 Å². The molecule has 0 unspecified atom stereocenters. The normalized spacial score (nSPS) is 11.0. The van der Waals surface area contributed by atoms with Gasteiger partial charge < -0.3 is 0 Å². The van der Waals surface area contributed by atoms with Gasteiger partial charge in [0.25, 0.3) is 0 Å². The third-order valence-corrected chi connectivity index (χ3v) is 8.34. The van der Waals surface area contributed by atoms with Crippen molar-refractivity contribution in [3.63, 3.8) is 0 Å². The summed E-state index contributed by atoms with van der Waals surface area (Å²) in [6.45, 7) is 2.09. The molecule has 0 fully saturated rings. The monoisotopic (exact) mass is 630 g/mol. The van der Waals surface area contributed by atoms with Gasteiger partial charge in [-0.2, -0.15) is 0 Å². The quantitative estimate of drug-likeness (QED) is 0.174. The first kappa shape index (κ1) is 29.7. The fourth-order valence-electron chi connectivity index (χ4n) is 5.69. The van der Waals surface area contributed by atoms with Crippen molar-refractivity contribution in [1.29, 1.82) is 0 Å². The first-order valence-electron chi connectivity index (χ1n) is 16.1. The Morgan fingerprint density at radius 2 is 0.796 bits per heavy atom. The number of hydrogen-bond acceptors (Lipinski definition) is 6. The summed E-state index contributed by atoms with van der Waals surface area (Å²) in [7, 11) is 0. The van der Waals surface area contributed by atoms with E-state index in [0.717, 1.165) is 61.7 Å². The van der Waals surface area contributed by atoms with E-state index in [0.29, 0.717) is 17.5 Å². The highest BCUT2D eigenvalue weighted by atomic mass is 15.0. The van der Waals surface area contributed by atoms with Crippen LogP contribution in [0.2, 0.25) is 0 Å². The van der Waals surface area contributed by atoms with Gasteiger partial charge in [-0.25, -0.2) is 19.9 Å². The molecule has 0 aliphatic rings. The maximum atomic E-state index is 4.98. The molecule has 8 rings (SSSR count). The van der Waals surface area contributed by atoms with Gasteiger partial charge in [-0.05, 0) is 53.9 Å². The van der Waals surface area contributed by atoms with Crippen LogP contribution in [-0.2, 0) is 0 Å². The average Bonchev–Trinajstić information content (AvgIpc) is 3.19. The lowest BCUT2D eigenvalue weighted by molar-refractivity contribution is 1.07. The zero-order valence-corrected chi connectivity index (χ0v) is 26.8. The van der Waals surface area contributed by atoms with Gasteiger partial charge in [0, 0.05) is 34.6 Å². The summed E-state index contributed by atoms with van der Waals surface area (Å²) >= 11 is 0. The van der Waals surface area contributed by atoms with Crippen molar-refractivity contribution in [3.8, 4) is 79.2 Å². The lowest BCUT2D eigenvalue weighted by Gasteiger charge is -2.11. The van der Waals surface area contributed by atoms with E-state index < -0.39 is 0 Å². The smallest absolute Gasteiger partial charge is 0.164 e. The summed E-state index contributed by atoms with van der Waals surface area (Å²) in [5.41, 5.74) is 11.4. The molecule has 0 N–H and O–H groups in total. The van der Waals surface area contributed by atoms with Crippen molar-refractivity contribution in [1.82, 2.24) is 29.9 Å². The second-order valence-electron chi connectivity index (χ2n) is 11.8. The topological polar surface area (TPSA) is 77.3 Å². The van der Waals surface area contributed by atoms with Gasteiger partial charge in [-0.3, -0.25) is 9.97 Å². The number of aryl methyl sites for hydroxylation is 1. The summed E-state index contributed by atoms with van der Waals surface area (Å²) in [4.78, 5) is 28.9. The van der Waals surface area contributed by atoms with Crippen LogP contribution < -0.4 is 0 Å². The number of pyridine rings is 3. The molecule has 0 radical (unpaired) electrons. The van der Waals surface area contributed by atoms with Crippen LogP contribution in [0.5, 0.6) is 0 Å². The zero-order chi connectivity index (χ0) is 33.0. The number of aromatic nitrogens is 6. The lowest BCUT2D eigenvalue weighted by atomic mass is 10.0. The number of hydrogen-bond donors (Lipinski definition) is 0. The van der Waals surface area contributed by atoms with Crippen molar-refractivity contribution in [2.45, 2.75) is 6.92 Å². The van der Waals surface area contributed by atoms with E-state index in [1.807, 2.05) is 103 Å². The molecule has 0 bridgehead atoms. The third kappa shape index (κ3) is 6.48. The maximum absolute atomic E-state index is 4.98. The predicted molar refractivity (Wildman–Crippen MR) is 196 cm³/mol. The van der Waals surface area contributed by atoms with Crippen LogP contribution in [0, 0.1) is 6.92 Å². The molecule has 6 heteroatoms. The van der Waals surface area contributed by atoms with Crippen LogP contribution in [0.1, 0.15) is 5.56 Å². The fourth-order valence-corrected chi connectivity index (χ4v) is 5.69. The minimum absolute atomic E-state index is 0.621. The largest absolute Gasteiger partial charge is 0.255 e. The van der Waals surface area contributed by atoms with E-state index in [-0.39, 0.29) is 0 Å². The fraction of sp³-hybridized carbons (Fsp3) is 0.0233. The van der Waals surface area contributed by atoms with Crippen molar-refractivity contribution in [2.75, 3.05) is 0 Å². The Labute approximate surface area is 285 Å². The first-order valence-corrected chi connectivity index (χ1v) is 16.1. The molecule has 4 aromatic carbocycles. The van der Waals surface area contributed by atoms with E-state index >= 15 is 0 Å². The zero-order valence-electron chi connectivity index (χ0n) is 26.8. The minimum Gasteiger partial charge on any atom is -0.255 e.